The number of amides is 1. The predicted octanol–water partition coefficient (Wildman–Crippen LogP) is 3.47. The first-order chi connectivity index (χ1) is 11.2. The summed E-state index contributed by atoms with van der Waals surface area (Å²) >= 11 is 3.29. The third-order valence-electron chi connectivity index (χ3n) is 3.05. The summed E-state index contributed by atoms with van der Waals surface area (Å²) in [5.74, 6) is 1.24. The van der Waals surface area contributed by atoms with Crippen LogP contribution < -0.4 is 5.32 Å². The minimum Gasteiger partial charge on any atom is -0.421 e. The van der Waals surface area contributed by atoms with Gasteiger partial charge in [0.15, 0.2) is 0 Å². The maximum absolute atomic E-state index is 11.9. The molecule has 1 N–H and O–H groups in total. The highest BCUT2D eigenvalue weighted by Gasteiger charge is 2.10. The summed E-state index contributed by atoms with van der Waals surface area (Å²) in [6, 6.07) is 13.0. The molecule has 23 heavy (non-hydrogen) atoms. The molecule has 6 nitrogen and oxygen atoms in total. The first-order valence-electron chi connectivity index (χ1n) is 7.00. The molecule has 7 heteroatoms. The molecule has 116 valence electrons. The molecule has 0 aliphatic heterocycles. The van der Waals surface area contributed by atoms with Gasteiger partial charge in [0.2, 0.25) is 17.7 Å². The van der Waals surface area contributed by atoms with E-state index in [0.29, 0.717) is 24.0 Å². The van der Waals surface area contributed by atoms with Crippen LogP contribution in [-0.4, -0.2) is 21.1 Å². The SMILES string of the molecule is O=C(CCc1nnc(-c2ccccc2)o1)Nc1ccc(Br)cn1. The Labute approximate surface area is 141 Å². The molecule has 0 bridgehead atoms. The van der Waals surface area contributed by atoms with Crippen LogP contribution in [0.25, 0.3) is 11.5 Å². The Bertz CT molecular complexity index is 787. The summed E-state index contributed by atoms with van der Waals surface area (Å²) in [5.41, 5.74) is 0.856. The summed E-state index contributed by atoms with van der Waals surface area (Å²) in [6.07, 6.45) is 2.25. The third-order valence-corrected chi connectivity index (χ3v) is 3.52. The zero-order valence-corrected chi connectivity index (χ0v) is 13.7. The number of hydrogen-bond donors (Lipinski definition) is 1. The Balaban J connectivity index is 1.55. The standard InChI is InChI=1S/C16H13BrN4O2/c17-12-6-7-13(18-10-12)19-14(22)8-9-15-20-21-16(23-15)11-4-2-1-3-5-11/h1-7,10H,8-9H2,(H,18,19,22). The Hall–Kier alpha value is -2.54. The van der Waals surface area contributed by atoms with Crippen molar-refractivity contribution in [1.29, 1.82) is 0 Å². The average molecular weight is 373 g/mol. The number of pyridine rings is 1. The van der Waals surface area contributed by atoms with Gasteiger partial charge in [-0.1, -0.05) is 18.2 Å². The number of carbonyl (C=O) groups is 1. The van der Waals surface area contributed by atoms with Crippen LogP contribution in [0.4, 0.5) is 5.82 Å². The van der Waals surface area contributed by atoms with E-state index < -0.39 is 0 Å². The van der Waals surface area contributed by atoms with Crippen molar-refractivity contribution in [2.24, 2.45) is 0 Å². The van der Waals surface area contributed by atoms with Crippen molar-refractivity contribution in [1.82, 2.24) is 15.2 Å². The number of aromatic nitrogens is 3. The van der Waals surface area contributed by atoms with Gasteiger partial charge in [-0.25, -0.2) is 4.98 Å². The fraction of sp³-hybridized carbons (Fsp3) is 0.125. The maximum atomic E-state index is 11.9. The van der Waals surface area contributed by atoms with E-state index in [1.165, 1.54) is 0 Å². The molecule has 0 unspecified atom stereocenters. The number of aryl methyl sites for hydroxylation is 1. The molecule has 0 spiro atoms. The van der Waals surface area contributed by atoms with Gasteiger partial charge in [-0.2, -0.15) is 0 Å². The molecular formula is C16H13BrN4O2. The van der Waals surface area contributed by atoms with Crippen LogP contribution in [0.5, 0.6) is 0 Å². The molecule has 0 saturated carbocycles. The molecule has 1 aromatic carbocycles. The first kappa shape index (κ1) is 15.4. The lowest BCUT2D eigenvalue weighted by molar-refractivity contribution is -0.116. The highest BCUT2D eigenvalue weighted by atomic mass is 79.9. The monoisotopic (exact) mass is 372 g/mol. The Morgan fingerprint density at radius 1 is 1.13 bits per heavy atom. The van der Waals surface area contributed by atoms with Gasteiger partial charge in [-0.15, -0.1) is 10.2 Å². The number of nitrogens with zero attached hydrogens (tertiary/aromatic N) is 3. The highest BCUT2D eigenvalue weighted by Crippen LogP contribution is 2.17. The lowest BCUT2D eigenvalue weighted by atomic mass is 10.2. The fourth-order valence-corrected chi connectivity index (χ4v) is 2.16. The molecule has 0 aliphatic carbocycles. The summed E-state index contributed by atoms with van der Waals surface area (Å²) in [5, 5.41) is 10.7. The molecule has 0 saturated heterocycles. The van der Waals surface area contributed by atoms with Crippen molar-refractivity contribution >= 4 is 27.7 Å². The molecule has 2 aromatic heterocycles. The van der Waals surface area contributed by atoms with Crippen LogP contribution in [0, 0.1) is 0 Å². The van der Waals surface area contributed by atoms with Gasteiger partial charge in [0.05, 0.1) is 0 Å². The Kier molecular flexibility index (Phi) is 4.77. The van der Waals surface area contributed by atoms with Crippen molar-refractivity contribution < 1.29 is 9.21 Å². The zero-order valence-electron chi connectivity index (χ0n) is 12.1. The second-order valence-corrected chi connectivity index (χ2v) is 5.69. The van der Waals surface area contributed by atoms with Gasteiger partial charge in [-0.3, -0.25) is 4.79 Å². The van der Waals surface area contributed by atoms with Gasteiger partial charge in [0.25, 0.3) is 0 Å². The number of hydrogen-bond acceptors (Lipinski definition) is 5. The van der Waals surface area contributed by atoms with Crippen LogP contribution in [0.1, 0.15) is 12.3 Å². The van der Waals surface area contributed by atoms with Crippen molar-refractivity contribution in [2.45, 2.75) is 12.8 Å². The lowest BCUT2D eigenvalue weighted by Gasteiger charge is -2.02. The normalized spacial score (nSPS) is 10.5. The van der Waals surface area contributed by atoms with Gasteiger partial charge < -0.3 is 9.73 Å². The first-order valence-corrected chi connectivity index (χ1v) is 7.79. The molecular weight excluding hydrogens is 360 g/mol. The van der Waals surface area contributed by atoms with Crippen molar-refractivity contribution in [3.8, 4) is 11.5 Å². The molecule has 3 aromatic rings. The molecule has 0 atom stereocenters. The summed E-state index contributed by atoms with van der Waals surface area (Å²) < 4.78 is 6.42. The molecule has 0 radical (unpaired) electrons. The molecule has 2 heterocycles. The van der Waals surface area contributed by atoms with Crippen LogP contribution in [0.2, 0.25) is 0 Å². The van der Waals surface area contributed by atoms with Gasteiger partial charge in [0, 0.05) is 29.1 Å². The maximum Gasteiger partial charge on any atom is 0.247 e. The van der Waals surface area contributed by atoms with E-state index in [2.05, 4.69) is 36.4 Å². The van der Waals surface area contributed by atoms with Crippen LogP contribution in [0.3, 0.4) is 0 Å². The Morgan fingerprint density at radius 3 is 2.70 bits per heavy atom. The lowest BCUT2D eigenvalue weighted by Crippen LogP contribution is -2.13. The summed E-state index contributed by atoms with van der Waals surface area (Å²) in [7, 11) is 0. The number of anilines is 1. The van der Waals surface area contributed by atoms with E-state index in [1.807, 2.05) is 36.4 Å². The largest absolute Gasteiger partial charge is 0.421 e. The fourth-order valence-electron chi connectivity index (χ4n) is 1.93. The number of halogens is 1. The smallest absolute Gasteiger partial charge is 0.247 e. The minimum atomic E-state index is -0.153. The zero-order chi connectivity index (χ0) is 16.1. The summed E-state index contributed by atoms with van der Waals surface area (Å²) in [4.78, 5) is 16.0. The van der Waals surface area contributed by atoms with E-state index in [1.54, 1.807) is 12.3 Å². The van der Waals surface area contributed by atoms with Crippen molar-refractivity contribution in [2.75, 3.05) is 5.32 Å². The van der Waals surface area contributed by atoms with Gasteiger partial charge >= 0.3 is 0 Å². The third kappa shape index (κ3) is 4.23. The molecule has 1 amide bonds. The number of carbonyl (C=O) groups excluding carboxylic acids is 1. The number of rotatable bonds is 5. The summed E-state index contributed by atoms with van der Waals surface area (Å²) in [6.45, 7) is 0. The quantitative estimate of drug-likeness (QED) is 0.741. The van der Waals surface area contributed by atoms with E-state index in [-0.39, 0.29) is 12.3 Å². The van der Waals surface area contributed by atoms with Crippen LogP contribution in [0.15, 0.2) is 57.6 Å². The second kappa shape index (κ2) is 7.15. The molecule has 0 fully saturated rings. The average Bonchev–Trinajstić information content (AvgIpc) is 3.05. The van der Waals surface area contributed by atoms with E-state index in [9.17, 15) is 4.79 Å². The van der Waals surface area contributed by atoms with E-state index in [4.69, 9.17) is 4.42 Å². The topological polar surface area (TPSA) is 80.9 Å². The van der Waals surface area contributed by atoms with E-state index >= 15 is 0 Å². The molecule has 0 aliphatic rings. The Morgan fingerprint density at radius 2 is 1.96 bits per heavy atom. The number of nitrogens with one attached hydrogen (secondary N) is 1. The number of benzene rings is 1. The van der Waals surface area contributed by atoms with Crippen molar-refractivity contribution in [3.63, 3.8) is 0 Å². The van der Waals surface area contributed by atoms with Gasteiger partial charge in [-0.05, 0) is 40.2 Å². The van der Waals surface area contributed by atoms with E-state index in [0.717, 1.165) is 10.0 Å². The minimum absolute atomic E-state index is 0.153. The van der Waals surface area contributed by atoms with Crippen LogP contribution in [-0.2, 0) is 11.2 Å². The van der Waals surface area contributed by atoms with Crippen molar-refractivity contribution in [3.05, 3.63) is 59.0 Å². The van der Waals surface area contributed by atoms with Gasteiger partial charge in [0.1, 0.15) is 5.82 Å². The van der Waals surface area contributed by atoms with Crippen LogP contribution >= 0.6 is 15.9 Å². The second-order valence-electron chi connectivity index (χ2n) is 4.78. The predicted molar refractivity (Wildman–Crippen MR) is 88.6 cm³/mol. The highest BCUT2D eigenvalue weighted by molar-refractivity contribution is 9.10. The molecule has 3 rings (SSSR count).